The summed E-state index contributed by atoms with van der Waals surface area (Å²) >= 11 is 0. The Morgan fingerprint density at radius 2 is 1.06 bits per heavy atom. The minimum Gasteiger partial charge on any atom is -0.465 e. The second-order valence-electron chi connectivity index (χ2n) is 17.4. The number of benzene rings is 4. The van der Waals surface area contributed by atoms with Gasteiger partial charge in [-0.25, -0.2) is 4.79 Å². The van der Waals surface area contributed by atoms with E-state index in [0.717, 1.165) is 84.3 Å². The van der Waals surface area contributed by atoms with Gasteiger partial charge < -0.3 is 21.1 Å². The molecule has 2 aliphatic carbocycles. The molecule has 2 saturated carbocycles. The molecule has 4 N–H and O–H groups in total. The number of halogens is 6. The maximum absolute atomic E-state index is 12.9. The topological polar surface area (TPSA) is 145 Å². The third-order valence-electron chi connectivity index (χ3n) is 12.0. The quantitative estimate of drug-likeness (QED) is 0.0737. The number of carbonyl (C=O) groups excluding carboxylic acids is 1. The summed E-state index contributed by atoms with van der Waals surface area (Å²) in [7, 11) is 0. The first-order chi connectivity index (χ1) is 30.7. The first kappa shape index (κ1) is 46.2. The van der Waals surface area contributed by atoms with Gasteiger partial charge in [0, 0.05) is 51.3 Å². The maximum Gasteiger partial charge on any atom is 0.416 e. The number of amides is 2. The Hall–Kier alpha value is -6.78. The van der Waals surface area contributed by atoms with Gasteiger partial charge >= 0.3 is 18.4 Å². The van der Waals surface area contributed by atoms with Gasteiger partial charge in [0.25, 0.3) is 0 Å². The van der Waals surface area contributed by atoms with E-state index in [1.54, 1.807) is 0 Å². The molecule has 11 nitrogen and oxygen atoms in total. The molecule has 2 amide bonds. The molecule has 2 aliphatic rings. The molecular formula is C48H48F6N8O3. The van der Waals surface area contributed by atoms with Gasteiger partial charge in [-0.2, -0.15) is 26.3 Å². The predicted molar refractivity (Wildman–Crippen MR) is 238 cm³/mol. The highest BCUT2D eigenvalue weighted by atomic mass is 19.4. The lowest BCUT2D eigenvalue weighted by Gasteiger charge is -2.54. The number of fused-ring (bicyclic) bond motifs is 2. The molecule has 8 rings (SSSR count). The van der Waals surface area contributed by atoms with Crippen LogP contribution in [-0.2, 0) is 17.1 Å². The number of aromatic nitrogens is 4. The average molecular weight is 899 g/mol. The van der Waals surface area contributed by atoms with Crippen molar-refractivity contribution in [2.24, 2.45) is 0 Å². The second-order valence-corrected chi connectivity index (χ2v) is 17.4. The summed E-state index contributed by atoms with van der Waals surface area (Å²) in [5, 5.41) is 39.8. The second kappa shape index (κ2) is 18.0. The van der Waals surface area contributed by atoms with E-state index < -0.39 is 40.7 Å². The minimum absolute atomic E-state index is 0.213. The molecule has 65 heavy (non-hydrogen) atoms. The third kappa shape index (κ3) is 9.98. The predicted octanol–water partition coefficient (Wildman–Crippen LogP) is 11.4. The summed E-state index contributed by atoms with van der Waals surface area (Å²) in [5.74, 6) is 0.859. The van der Waals surface area contributed by atoms with Crippen molar-refractivity contribution in [3.05, 3.63) is 121 Å². The highest BCUT2D eigenvalue weighted by Crippen LogP contribution is 2.43. The number of rotatable bonds is 11. The molecule has 6 aromatic rings. The lowest BCUT2D eigenvalue weighted by molar-refractivity contribution is -0.138. The van der Waals surface area contributed by atoms with E-state index in [0.29, 0.717) is 47.2 Å². The van der Waals surface area contributed by atoms with Crippen LogP contribution in [0.4, 0.5) is 42.8 Å². The van der Waals surface area contributed by atoms with Crippen molar-refractivity contribution >= 4 is 45.2 Å². The van der Waals surface area contributed by atoms with Crippen LogP contribution in [0.25, 0.3) is 44.1 Å². The first-order valence-electron chi connectivity index (χ1n) is 21.1. The van der Waals surface area contributed by atoms with E-state index in [9.17, 15) is 41.0 Å². The van der Waals surface area contributed by atoms with Gasteiger partial charge in [0.05, 0.1) is 22.2 Å². The summed E-state index contributed by atoms with van der Waals surface area (Å²) in [4.78, 5) is 25.4. The first-order valence-corrected chi connectivity index (χ1v) is 21.1. The fourth-order valence-corrected chi connectivity index (χ4v) is 8.56. The smallest absolute Gasteiger partial charge is 0.416 e. The molecule has 0 radical (unpaired) electrons. The van der Waals surface area contributed by atoms with Crippen molar-refractivity contribution in [3.8, 4) is 22.5 Å². The molecule has 2 aromatic heterocycles. The number of nitrogens with zero attached hydrogens (tertiary/aromatic N) is 5. The van der Waals surface area contributed by atoms with Crippen molar-refractivity contribution in [1.82, 2.24) is 30.6 Å². The Morgan fingerprint density at radius 3 is 1.40 bits per heavy atom. The van der Waals surface area contributed by atoms with E-state index in [4.69, 9.17) is 0 Å². The Labute approximate surface area is 371 Å². The van der Waals surface area contributed by atoms with Crippen LogP contribution < -0.4 is 16.0 Å². The van der Waals surface area contributed by atoms with Gasteiger partial charge in [-0.05, 0) is 89.6 Å². The van der Waals surface area contributed by atoms with Gasteiger partial charge in [0.2, 0.25) is 5.91 Å². The summed E-state index contributed by atoms with van der Waals surface area (Å²) in [5.41, 5.74) is -0.810. The van der Waals surface area contributed by atoms with Crippen molar-refractivity contribution in [3.63, 3.8) is 0 Å². The Morgan fingerprint density at radius 1 is 0.646 bits per heavy atom. The molecule has 0 unspecified atom stereocenters. The molecule has 0 aliphatic heterocycles. The molecule has 17 heteroatoms. The number of carboxylic acid groups (broad SMARTS) is 1. The number of nitrogens with one attached hydrogen (secondary N) is 3. The SMILES string of the molecule is C=CC(=O)NC1(CNc2nnc(-c3ccc(C(F)(F)F)cc3)c3ccccc23)CCC1.CC(C)(C)N(C(=O)O)C1(CNc2nnc(-c3ccc(C(F)(F)F)cc3)c3ccccc23)CCC1. The standard InChI is InChI=1S/C25H27F3N4O2.C23H21F3N4O/c1-23(2,3)32(22(33)34)24(13-6-14-24)15-29-21-19-8-5-4-7-18(19)20(30-31-21)16-9-11-17(12-10-16)25(26,27)28;1-2-19(31)28-22(12-5-13-22)14-27-21-18-7-4-3-6-17(18)20(29-30-21)15-8-10-16(11-9-15)23(24,25)26/h4-5,7-12H,6,13-15H2,1-3H3,(H,29,31)(H,33,34);2-4,6-11H,1,5,12-14H2,(H,27,30)(H,28,31). The Bertz CT molecular complexity index is 2690. The van der Waals surface area contributed by atoms with E-state index in [-0.39, 0.29) is 11.4 Å². The lowest BCUT2D eigenvalue weighted by Crippen LogP contribution is -2.65. The van der Waals surface area contributed by atoms with Crippen LogP contribution in [0.15, 0.2) is 110 Å². The van der Waals surface area contributed by atoms with Crippen LogP contribution in [0, 0.1) is 0 Å². The molecule has 0 atom stereocenters. The normalized spacial score (nSPS) is 15.4. The lowest BCUT2D eigenvalue weighted by atomic mass is 9.73. The van der Waals surface area contributed by atoms with Crippen LogP contribution in [0.2, 0.25) is 0 Å². The molecule has 0 bridgehead atoms. The third-order valence-corrected chi connectivity index (χ3v) is 12.0. The zero-order valence-corrected chi connectivity index (χ0v) is 35.9. The number of carbonyl (C=O) groups is 2. The van der Waals surface area contributed by atoms with Crippen molar-refractivity contribution < 1.29 is 41.0 Å². The molecule has 0 saturated heterocycles. The molecule has 4 aromatic carbocycles. The number of alkyl halides is 6. The minimum atomic E-state index is -4.41. The van der Waals surface area contributed by atoms with E-state index in [1.165, 1.54) is 35.2 Å². The fraction of sp³-hybridized carbons (Fsp3) is 0.333. The molecule has 2 fully saturated rings. The van der Waals surface area contributed by atoms with Gasteiger partial charge in [-0.1, -0.05) is 79.4 Å². The Kier molecular flexibility index (Phi) is 12.8. The maximum atomic E-state index is 12.9. The zero-order chi connectivity index (χ0) is 46.8. The van der Waals surface area contributed by atoms with Gasteiger partial charge in [0.1, 0.15) is 11.4 Å². The summed E-state index contributed by atoms with van der Waals surface area (Å²) in [6.07, 6.45) is -3.32. The van der Waals surface area contributed by atoms with Crippen LogP contribution in [0.5, 0.6) is 0 Å². The summed E-state index contributed by atoms with van der Waals surface area (Å²) < 4.78 is 77.5. The van der Waals surface area contributed by atoms with Gasteiger partial charge in [0.15, 0.2) is 11.6 Å². The summed E-state index contributed by atoms with van der Waals surface area (Å²) in [6, 6.07) is 24.6. The van der Waals surface area contributed by atoms with Crippen molar-refractivity contribution in [2.45, 2.75) is 88.3 Å². The highest BCUT2D eigenvalue weighted by molar-refractivity contribution is 6.01. The van der Waals surface area contributed by atoms with Crippen LogP contribution >= 0.6 is 0 Å². The van der Waals surface area contributed by atoms with Crippen molar-refractivity contribution in [1.29, 1.82) is 0 Å². The largest absolute Gasteiger partial charge is 0.465 e. The summed E-state index contributed by atoms with van der Waals surface area (Å²) in [6.45, 7) is 10.0. The van der Waals surface area contributed by atoms with Crippen molar-refractivity contribution in [2.75, 3.05) is 23.7 Å². The van der Waals surface area contributed by atoms with Gasteiger partial charge in [-0.15, -0.1) is 20.4 Å². The molecular weight excluding hydrogens is 851 g/mol. The molecule has 0 spiro atoms. The molecule has 2 heterocycles. The Balaban J connectivity index is 0.000000195. The van der Waals surface area contributed by atoms with E-state index in [1.807, 2.05) is 69.3 Å². The highest BCUT2D eigenvalue weighted by Gasteiger charge is 2.49. The number of hydrogen-bond donors (Lipinski definition) is 4. The average Bonchev–Trinajstić information content (AvgIpc) is 3.24. The fourth-order valence-electron chi connectivity index (χ4n) is 8.56. The number of anilines is 2. The van der Waals surface area contributed by atoms with Crippen LogP contribution in [0.1, 0.15) is 70.4 Å². The van der Waals surface area contributed by atoms with Gasteiger partial charge in [-0.3, -0.25) is 9.69 Å². The molecule has 340 valence electrons. The zero-order valence-electron chi connectivity index (χ0n) is 35.9. The van der Waals surface area contributed by atoms with Crippen LogP contribution in [-0.4, -0.2) is 72.1 Å². The number of hydrogen-bond acceptors (Lipinski definition) is 8. The van der Waals surface area contributed by atoms with E-state index in [2.05, 4.69) is 42.9 Å². The van der Waals surface area contributed by atoms with E-state index >= 15 is 0 Å². The monoisotopic (exact) mass is 898 g/mol. The van der Waals surface area contributed by atoms with Crippen LogP contribution in [0.3, 0.4) is 0 Å².